The first kappa shape index (κ1) is 12.7. The highest BCUT2D eigenvalue weighted by Crippen LogP contribution is 2.30. The molecule has 3 nitrogen and oxygen atoms in total. The van der Waals surface area contributed by atoms with Crippen molar-refractivity contribution in [2.24, 2.45) is 5.92 Å². The molecule has 1 unspecified atom stereocenters. The molecule has 0 aromatic heterocycles. The van der Waals surface area contributed by atoms with Crippen molar-refractivity contribution < 1.29 is 9.53 Å². The minimum atomic E-state index is 0.0565. The molecule has 2 aliphatic heterocycles. The molecule has 1 atom stereocenters. The highest BCUT2D eigenvalue weighted by Gasteiger charge is 2.29. The van der Waals surface area contributed by atoms with Crippen LogP contribution in [0, 0.1) is 12.8 Å². The number of nitrogens with zero attached hydrogens (tertiary/aromatic N) is 1. The Kier molecular flexibility index (Phi) is 3.56. The van der Waals surface area contributed by atoms with Crippen molar-refractivity contribution in [3.8, 4) is 0 Å². The van der Waals surface area contributed by atoms with E-state index in [1.807, 2.05) is 4.90 Å². The Bertz CT molecular complexity index is 478. The molecule has 1 fully saturated rings. The zero-order valence-electron chi connectivity index (χ0n) is 11.5. The Morgan fingerprint density at radius 2 is 2.26 bits per heavy atom. The lowest BCUT2D eigenvalue weighted by Crippen LogP contribution is -2.42. The SMILES string of the molecule is Cc1ccc2c(c1)CCCN2C(=O)C1CCCOC1. The molecule has 0 bridgehead atoms. The third-order valence-corrected chi connectivity index (χ3v) is 4.13. The Labute approximate surface area is 114 Å². The maximum atomic E-state index is 12.6. The first-order valence-corrected chi connectivity index (χ1v) is 7.24. The van der Waals surface area contributed by atoms with Crippen LogP contribution in [0.3, 0.4) is 0 Å². The van der Waals surface area contributed by atoms with Gasteiger partial charge in [-0.3, -0.25) is 4.79 Å². The van der Waals surface area contributed by atoms with E-state index in [2.05, 4.69) is 25.1 Å². The van der Waals surface area contributed by atoms with E-state index in [4.69, 9.17) is 4.74 Å². The molecule has 2 heterocycles. The van der Waals surface area contributed by atoms with Crippen LogP contribution < -0.4 is 4.90 Å². The summed E-state index contributed by atoms with van der Waals surface area (Å²) in [5, 5.41) is 0. The zero-order valence-corrected chi connectivity index (χ0v) is 11.5. The van der Waals surface area contributed by atoms with Crippen molar-refractivity contribution in [3.63, 3.8) is 0 Å². The van der Waals surface area contributed by atoms with E-state index in [0.717, 1.165) is 44.5 Å². The second kappa shape index (κ2) is 5.33. The third-order valence-electron chi connectivity index (χ3n) is 4.13. The molecular weight excluding hydrogens is 238 g/mol. The molecule has 0 aliphatic carbocycles. The van der Waals surface area contributed by atoms with Gasteiger partial charge in [-0.25, -0.2) is 0 Å². The Morgan fingerprint density at radius 3 is 3.05 bits per heavy atom. The first-order valence-electron chi connectivity index (χ1n) is 7.24. The van der Waals surface area contributed by atoms with E-state index in [-0.39, 0.29) is 11.8 Å². The van der Waals surface area contributed by atoms with E-state index < -0.39 is 0 Å². The number of aryl methyl sites for hydroxylation is 2. The summed E-state index contributed by atoms with van der Waals surface area (Å²) >= 11 is 0. The smallest absolute Gasteiger partial charge is 0.232 e. The van der Waals surface area contributed by atoms with Gasteiger partial charge in [0.1, 0.15) is 0 Å². The lowest BCUT2D eigenvalue weighted by Gasteiger charge is -2.33. The molecule has 2 aliphatic rings. The predicted molar refractivity (Wildman–Crippen MR) is 75.4 cm³/mol. The standard InChI is InChI=1S/C16H21NO2/c1-12-6-7-15-13(10-12)4-2-8-17(15)16(18)14-5-3-9-19-11-14/h6-7,10,14H,2-5,8-9,11H2,1H3. The van der Waals surface area contributed by atoms with Crippen LogP contribution >= 0.6 is 0 Å². The van der Waals surface area contributed by atoms with Gasteiger partial charge in [-0.05, 0) is 44.2 Å². The lowest BCUT2D eigenvalue weighted by molar-refractivity contribution is -0.126. The van der Waals surface area contributed by atoms with Gasteiger partial charge in [-0.2, -0.15) is 0 Å². The second-order valence-corrected chi connectivity index (χ2v) is 5.64. The average Bonchev–Trinajstić information content (AvgIpc) is 2.46. The summed E-state index contributed by atoms with van der Waals surface area (Å²) < 4.78 is 5.45. The van der Waals surface area contributed by atoms with Crippen LogP contribution in [-0.2, 0) is 16.0 Å². The van der Waals surface area contributed by atoms with Crippen LogP contribution in [0.4, 0.5) is 5.69 Å². The van der Waals surface area contributed by atoms with Gasteiger partial charge in [0, 0.05) is 18.8 Å². The Morgan fingerprint density at radius 1 is 1.37 bits per heavy atom. The molecular formula is C16H21NO2. The number of hydrogen-bond donors (Lipinski definition) is 0. The number of benzene rings is 1. The van der Waals surface area contributed by atoms with Gasteiger partial charge in [0.25, 0.3) is 0 Å². The van der Waals surface area contributed by atoms with Crippen LogP contribution in [0.5, 0.6) is 0 Å². The molecule has 0 radical (unpaired) electrons. The second-order valence-electron chi connectivity index (χ2n) is 5.64. The fourth-order valence-electron chi connectivity index (χ4n) is 3.11. The van der Waals surface area contributed by atoms with E-state index >= 15 is 0 Å². The monoisotopic (exact) mass is 259 g/mol. The summed E-state index contributed by atoms with van der Waals surface area (Å²) in [5.74, 6) is 0.311. The number of fused-ring (bicyclic) bond motifs is 1. The molecule has 1 amide bonds. The summed E-state index contributed by atoms with van der Waals surface area (Å²) in [6.07, 6.45) is 4.12. The van der Waals surface area contributed by atoms with Gasteiger partial charge < -0.3 is 9.64 Å². The molecule has 3 heteroatoms. The van der Waals surface area contributed by atoms with Gasteiger partial charge in [0.2, 0.25) is 5.91 Å². The molecule has 0 N–H and O–H groups in total. The minimum Gasteiger partial charge on any atom is -0.381 e. The van der Waals surface area contributed by atoms with E-state index in [1.54, 1.807) is 0 Å². The maximum Gasteiger partial charge on any atom is 0.232 e. The number of amides is 1. The minimum absolute atomic E-state index is 0.0565. The summed E-state index contributed by atoms with van der Waals surface area (Å²) in [5.41, 5.74) is 3.71. The highest BCUT2D eigenvalue weighted by molar-refractivity contribution is 5.96. The highest BCUT2D eigenvalue weighted by atomic mass is 16.5. The van der Waals surface area contributed by atoms with Crippen LogP contribution in [0.2, 0.25) is 0 Å². The van der Waals surface area contributed by atoms with Crippen LogP contribution in [0.15, 0.2) is 18.2 Å². The summed E-state index contributed by atoms with van der Waals surface area (Å²) in [6, 6.07) is 6.42. The van der Waals surface area contributed by atoms with Gasteiger partial charge in [-0.15, -0.1) is 0 Å². The number of hydrogen-bond acceptors (Lipinski definition) is 2. The van der Waals surface area contributed by atoms with Gasteiger partial charge >= 0.3 is 0 Å². The molecule has 19 heavy (non-hydrogen) atoms. The fourth-order valence-corrected chi connectivity index (χ4v) is 3.11. The van der Waals surface area contributed by atoms with E-state index in [1.165, 1.54) is 11.1 Å². The van der Waals surface area contributed by atoms with Gasteiger partial charge in [0.15, 0.2) is 0 Å². The predicted octanol–water partition coefficient (Wildman–Crippen LogP) is 2.70. The van der Waals surface area contributed by atoms with Crippen molar-refractivity contribution in [2.45, 2.75) is 32.6 Å². The third kappa shape index (κ3) is 2.52. The van der Waals surface area contributed by atoms with Crippen molar-refractivity contribution >= 4 is 11.6 Å². The summed E-state index contributed by atoms with van der Waals surface area (Å²) in [7, 11) is 0. The molecule has 3 rings (SSSR count). The number of anilines is 1. The largest absolute Gasteiger partial charge is 0.381 e. The number of carbonyl (C=O) groups excluding carboxylic acids is 1. The summed E-state index contributed by atoms with van der Waals surface area (Å²) in [6.45, 7) is 4.36. The average molecular weight is 259 g/mol. The van der Waals surface area contributed by atoms with Crippen LogP contribution in [-0.4, -0.2) is 25.7 Å². The van der Waals surface area contributed by atoms with Crippen LogP contribution in [0.1, 0.15) is 30.4 Å². The first-order chi connectivity index (χ1) is 9.25. The normalized spacial score (nSPS) is 23.0. The molecule has 0 spiro atoms. The quantitative estimate of drug-likeness (QED) is 0.776. The molecule has 1 aromatic carbocycles. The van der Waals surface area contributed by atoms with Crippen molar-refractivity contribution in [1.29, 1.82) is 0 Å². The number of rotatable bonds is 1. The Hall–Kier alpha value is -1.35. The zero-order chi connectivity index (χ0) is 13.2. The van der Waals surface area contributed by atoms with E-state index in [0.29, 0.717) is 6.61 Å². The summed E-state index contributed by atoms with van der Waals surface area (Å²) in [4.78, 5) is 14.6. The molecule has 1 aromatic rings. The van der Waals surface area contributed by atoms with Gasteiger partial charge in [0.05, 0.1) is 12.5 Å². The number of ether oxygens (including phenoxy) is 1. The topological polar surface area (TPSA) is 29.5 Å². The van der Waals surface area contributed by atoms with Crippen molar-refractivity contribution in [1.82, 2.24) is 0 Å². The van der Waals surface area contributed by atoms with Crippen molar-refractivity contribution in [2.75, 3.05) is 24.7 Å². The van der Waals surface area contributed by atoms with E-state index in [9.17, 15) is 4.79 Å². The van der Waals surface area contributed by atoms with Gasteiger partial charge in [-0.1, -0.05) is 17.7 Å². The lowest BCUT2D eigenvalue weighted by atomic mass is 9.95. The maximum absolute atomic E-state index is 12.6. The number of carbonyl (C=O) groups is 1. The molecule has 1 saturated heterocycles. The van der Waals surface area contributed by atoms with Crippen LogP contribution in [0.25, 0.3) is 0 Å². The van der Waals surface area contributed by atoms with Crippen molar-refractivity contribution in [3.05, 3.63) is 29.3 Å². The Balaban J connectivity index is 1.84. The fraction of sp³-hybridized carbons (Fsp3) is 0.562. The molecule has 102 valence electrons. The molecule has 0 saturated carbocycles.